The van der Waals surface area contributed by atoms with Crippen LogP contribution < -0.4 is 0 Å². The Labute approximate surface area is 97.0 Å². The number of furan rings is 1. The molecule has 2 saturated heterocycles. The van der Waals surface area contributed by atoms with Crippen LogP contribution in [-0.2, 0) is 6.54 Å². The summed E-state index contributed by atoms with van der Waals surface area (Å²) in [7, 11) is 0. The summed E-state index contributed by atoms with van der Waals surface area (Å²) in [5, 5.41) is 0. The molecule has 0 saturated carbocycles. The monoisotopic (exact) mass is 220 g/mol. The molecule has 3 nitrogen and oxygen atoms in total. The van der Waals surface area contributed by atoms with E-state index in [2.05, 4.69) is 22.8 Å². The molecule has 0 aliphatic carbocycles. The second-order valence-corrected chi connectivity index (χ2v) is 5.20. The first-order valence-electron chi connectivity index (χ1n) is 6.32. The fourth-order valence-corrected chi connectivity index (χ4v) is 3.09. The van der Waals surface area contributed by atoms with E-state index in [1.165, 1.54) is 38.0 Å². The highest BCUT2D eigenvalue weighted by Gasteiger charge is 2.34. The molecular weight excluding hydrogens is 200 g/mol. The molecule has 0 bridgehead atoms. The van der Waals surface area contributed by atoms with E-state index in [0.29, 0.717) is 6.04 Å². The molecule has 2 fully saturated rings. The maximum Gasteiger partial charge on any atom is 0.0947 e. The Bertz CT molecular complexity index is 336. The van der Waals surface area contributed by atoms with Crippen LogP contribution >= 0.6 is 0 Å². The third-order valence-electron chi connectivity index (χ3n) is 4.03. The van der Waals surface area contributed by atoms with E-state index < -0.39 is 0 Å². The van der Waals surface area contributed by atoms with Crippen molar-refractivity contribution in [3.63, 3.8) is 0 Å². The molecule has 1 aromatic heterocycles. The Morgan fingerprint density at radius 1 is 1.44 bits per heavy atom. The maximum atomic E-state index is 5.14. The van der Waals surface area contributed by atoms with Gasteiger partial charge in [-0.3, -0.25) is 9.80 Å². The SMILES string of the molecule is C[C@H]1CN2CCCC2CN1Cc1ccoc1. The van der Waals surface area contributed by atoms with Crippen molar-refractivity contribution >= 4 is 0 Å². The van der Waals surface area contributed by atoms with E-state index >= 15 is 0 Å². The van der Waals surface area contributed by atoms with Crippen molar-refractivity contribution in [2.45, 2.75) is 38.4 Å². The van der Waals surface area contributed by atoms with Gasteiger partial charge in [-0.15, -0.1) is 0 Å². The Hall–Kier alpha value is -0.800. The molecule has 2 atom stereocenters. The lowest BCUT2D eigenvalue weighted by molar-refractivity contribution is 0.0539. The van der Waals surface area contributed by atoms with Crippen LogP contribution in [0.2, 0.25) is 0 Å². The fourth-order valence-electron chi connectivity index (χ4n) is 3.09. The molecule has 0 aromatic carbocycles. The first kappa shape index (κ1) is 10.4. The standard InChI is InChI=1S/C13H20N2O/c1-11-7-14-5-2-3-13(14)9-15(11)8-12-4-6-16-10-12/h4,6,10-11,13H,2-3,5,7-9H2,1H3/t11-,13?/m0/s1. The van der Waals surface area contributed by atoms with Crippen LogP contribution in [0.25, 0.3) is 0 Å². The van der Waals surface area contributed by atoms with Crippen molar-refractivity contribution in [2.75, 3.05) is 19.6 Å². The van der Waals surface area contributed by atoms with E-state index in [-0.39, 0.29) is 0 Å². The van der Waals surface area contributed by atoms with Gasteiger partial charge in [-0.2, -0.15) is 0 Å². The molecule has 0 spiro atoms. The van der Waals surface area contributed by atoms with Gasteiger partial charge in [0.25, 0.3) is 0 Å². The molecule has 2 aliphatic heterocycles. The van der Waals surface area contributed by atoms with Crippen LogP contribution in [0.15, 0.2) is 23.0 Å². The summed E-state index contributed by atoms with van der Waals surface area (Å²) in [6.07, 6.45) is 6.41. The highest BCUT2D eigenvalue weighted by molar-refractivity contribution is 5.06. The highest BCUT2D eigenvalue weighted by Crippen LogP contribution is 2.25. The van der Waals surface area contributed by atoms with Gasteiger partial charge < -0.3 is 4.42 Å². The first-order chi connectivity index (χ1) is 7.83. The molecule has 1 aromatic rings. The Balaban J connectivity index is 1.66. The van der Waals surface area contributed by atoms with Crippen molar-refractivity contribution in [2.24, 2.45) is 0 Å². The first-order valence-corrected chi connectivity index (χ1v) is 6.32. The van der Waals surface area contributed by atoms with Crippen LogP contribution in [0.1, 0.15) is 25.3 Å². The molecular formula is C13H20N2O. The lowest BCUT2D eigenvalue weighted by Crippen LogP contribution is -2.54. The summed E-state index contributed by atoms with van der Waals surface area (Å²) in [4.78, 5) is 5.26. The van der Waals surface area contributed by atoms with E-state index in [1.54, 1.807) is 6.26 Å². The largest absolute Gasteiger partial charge is 0.472 e. The molecule has 88 valence electrons. The topological polar surface area (TPSA) is 19.6 Å². The Kier molecular flexibility index (Phi) is 2.74. The minimum absolute atomic E-state index is 0.671. The van der Waals surface area contributed by atoms with E-state index in [4.69, 9.17) is 4.42 Å². The molecule has 0 N–H and O–H groups in total. The van der Waals surface area contributed by atoms with Crippen molar-refractivity contribution < 1.29 is 4.42 Å². The fraction of sp³-hybridized carbons (Fsp3) is 0.692. The van der Waals surface area contributed by atoms with Gasteiger partial charge in [0.2, 0.25) is 0 Å². The maximum absolute atomic E-state index is 5.14. The van der Waals surface area contributed by atoms with Gasteiger partial charge in [0.15, 0.2) is 0 Å². The van der Waals surface area contributed by atoms with E-state index in [9.17, 15) is 0 Å². The molecule has 3 heterocycles. The summed E-state index contributed by atoms with van der Waals surface area (Å²) >= 11 is 0. The second-order valence-electron chi connectivity index (χ2n) is 5.20. The Morgan fingerprint density at radius 3 is 3.19 bits per heavy atom. The van der Waals surface area contributed by atoms with Gasteiger partial charge in [0, 0.05) is 37.3 Å². The van der Waals surface area contributed by atoms with Crippen molar-refractivity contribution in [1.82, 2.24) is 9.80 Å². The second kappa shape index (κ2) is 4.22. The smallest absolute Gasteiger partial charge is 0.0947 e. The number of piperazine rings is 1. The number of fused-ring (bicyclic) bond motifs is 1. The summed E-state index contributed by atoms with van der Waals surface area (Å²) in [6, 6.07) is 3.56. The normalized spacial score (nSPS) is 31.8. The number of hydrogen-bond acceptors (Lipinski definition) is 3. The van der Waals surface area contributed by atoms with Crippen LogP contribution in [0, 0.1) is 0 Å². The minimum Gasteiger partial charge on any atom is -0.472 e. The summed E-state index contributed by atoms with van der Waals surface area (Å²) in [5.74, 6) is 0. The van der Waals surface area contributed by atoms with Gasteiger partial charge in [0.05, 0.1) is 12.5 Å². The summed E-state index contributed by atoms with van der Waals surface area (Å²) < 4.78 is 5.14. The quantitative estimate of drug-likeness (QED) is 0.759. The van der Waals surface area contributed by atoms with Gasteiger partial charge in [-0.25, -0.2) is 0 Å². The number of rotatable bonds is 2. The predicted octanol–water partition coefficient (Wildman–Crippen LogP) is 1.95. The zero-order valence-electron chi connectivity index (χ0n) is 9.93. The average molecular weight is 220 g/mol. The van der Waals surface area contributed by atoms with Crippen molar-refractivity contribution in [3.05, 3.63) is 24.2 Å². The van der Waals surface area contributed by atoms with Crippen molar-refractivity contribution in [1.29, 1.82) is 0 Å². The van der Waals surface area contributed by atoms with E-state index in [1.807, 2.05) is 6.26 Å². The van der Waals surface area contributed by atoms with Gasteiger partial charge >= 0.3 is 0 Å². The lowest BCUT2D eigenvalue weighted by atomic mass is 10.1. The van der Waals surface area contributed by atoms with Gasteiger partial charge in [-0.05, 0) is 32.4 Å². The average Bonchev–Trinajstić information content (AvgIpc) is 2.89. The number of hydrogen-bond donors (Lipinski definition) is 0. The summed E-state index contributed by atoms with van der Waals surface area (Å²) in [5.41, 5.74) is 1.30. The number of nitrogens with zero attached hydrogens (tertiary/aromatic N) is 2. The molecule has 2 aliphatic rings. The minimum atomic E-state index is 0.671. The molecule has 3 rings (SSSR count). The molecule has 1 unspecified atom stereocenters. The summed E-state index contributed by atoms with van der Waals surface area (Å²) in [6.45, 7) is 7.17. The van der Waals surface area contributed by atoms with Crippen molar-refractivity contribution in [3.8, 4) is 0 Å². The van der Waals surface area contributed by atoms with Crippen LogP contribution in [0.5, 0.6) is 0 Å². The molecule has 16 heavy (non-hydrogen) atoms. The third-order valence-corrected chi connectivity index (χ3v) is 4.03. The predicted molar refractivity (Wildman–Crippen MR) is 63.2 cm³/mol. The highest BCUT2D eigenvalue weighted by atomic mass is 16.3. The molecule has 0 amide bonds. The van der Waals surface area contributed by atoms with Gasteiger partial charge in [0.1, 0.15) is 0 Å². The lowest BCUT2D eigenvalue weighted by Gasteiger charge is -2.42. The zero-order valence-corrected chi connectivity index (χ0v) is 9.93. The van der Waals surface area contributed by atoms with Gasteiger partial charge in [-0.1, -0.05) is 0 Å². The Morgan fingerprint density at radius 2 is 2.38 bits per heavy atom. The third kappa shape index (κ3) is 1.89. The zero-order chi connectivity index (χ0) is 11.0. The van der Waals surface area contributed by atoms with Crippen LogP contribution in [-0.4, -0.2) is 41.5 Å². The van der Waals surface area contributed by atoms with Crippen LogP contribution in [0.4, 0.5) is 0 Å². The molecule has 0 radical (unpaired) electrons. The van der Waals surface area contributed by atoms with E-state index in [0.717, 1.165) is 12.6 Å². The molecule has 3 heteroatoms. The van der Waals surface area contributed by atoms with Crippen LogP contribution in [0.3, 0.4) is 0 Å².